The molecule has 1 heterocycles. The topological polar surface area (TPSA) is 66.8 Å². The first-order chi connectivity index (χ1) is 12.4. The fraction of sp³-hybridized carbons (Fsp3) is 0.368. The fourth-order valence-corrected chi connectivity index (χ4v) is 4.80. The van der Waals surface area contributed by atoms with Gasteiger partial charge < -0.3 is 9.84 Å². The lowest BCUT2D eigenvalue weighted by molar-refractivity contribution is -0.0554. The minimum Gasteiger partial charge on any atom is -0.394 e. The van der Waals surface area contributed by atoms with Gasteiger partial charge in [-0.2, -0.15) is 4.31 Å². The van der Waals surface area contributed by atoms with Crippen LogP contribution in [-0.4, -0.2) is 49.7 Å². The Morgan fingerprint density at radius 3 is 2.42 bits per heavy atom. The van der Waals surface area contributed by atoms with Gasteiger partial charge in [0, 0.05) is 11.6 Å². The molecular weight excluding hydrogens is 374 g/mol. The Morgan fingerprint density at radius 1 is 1.15 bits per heavy atom. The number of hydrogen-bond donors (Lipinski definition) is 1. The second-order valence-electron chi connectivity index (χ2n) is 6.51. The van der Waals surface area contributed by atoms with Crippen LogP contribution in [0.3, 0.4) is 0 Å². The molecule has 0 bridgehead atoms. The average molecular weight is 396 g/mol. The Kier molecular flexibility index (Phi) is 5.99. The van der Waals surface area contributed by atoms with Crippen LogP contribution in [0.25, 0.3) is 0 Å². The van der Waals surface area contributed by atoms with Crippen molar-refractivity contribution in [2.24, 2.45) is 0 Å². The molecule has 7 heteroatoms. The number of ether oxygens (including phenoxy) is 1. The van der Waals surface area contributed by atoms with Crippen LogP contribution in [0.5, 0.6) is 0 Å². The molecule has 0 spiro atoms. The molecule has 26 heavy (non-hydrogen) atoms. The summed E-state index contributed by atoms with van der Waals surface area (Å²) in [7, 11) is -3.68. The number of sulfonamides is 1. The molecule has 1 aliphatic rings. The van der Waals surface area contributed by atoms with E-state index in [4.69, 9.17) is 16.3 Å². The first kappa shape index (κ1) is 19.3. The third-order valence-corrected chi connectivity index (χ3v) is 6.72. The number of halogens is 1. The molecule has 2 atom stereocenters. The van der Waals surface area contributed by atoms with Crippen LogP contribution in [0.2, 0.25) is 5.02 Å². The number of rotatable bonds is 5. The Morgan fingerprint density at radius 2 is 1.81 bits per heavy atom. The van der Waals surface area contributed by atoms with E-state index in [2.05, 4.69) is 0 Å². The maximum Gasteiger partial charge on any atom is 0.243 e. The Hall–Kier alpha value is -1.44. The molecule has 0 saturated carbocycles. The van der Waals surface area contributed by atoms with Crippen LogP contribution in [0.1, 0.15) is 11.1 Å². The Labute approximate surface area is 159 Å². The zero-order chi connectivity index (χ0) is 18.7. The fourth-order valence-electron chi connectivity index (χ4n) is 3.04. The highest BCUT2D eigenvalue weighted by molar-refractivity contribution is 7.89. The Balaban J connectivity index is 1.89. The number of aliphatic hydroxyl groups excluding tert-OH is 1. The first-order valence-corrected chi connectivity index (χ1v) is 10.3. The van der Waals surface area contributed by atoms with Crippen molar-refractivity contribution in [3.05, 3.63) is 64.7 Å². The predicted octanol–water partition coefficient (Wildman–Crippen LogP) is 2.64. The normalized spacial score (nSPS) is 21.7. The summed E-state index contributed by atoms with van der Waals surface area (Å²) in [5.41, 5.74) is 1.98. The van der Waals surface area contributed by atoms with Crippen LogP contribution in [-0.2, 0) is 21.2 Å². The van der Waals surface area contributed by atoms with Crippen molar-refractivity contribution in [3.63, 3.8) is 0 Å². The van der Waals surface area contributed by atoms with E-state index in [0.29, 0.717) is 11.4 Å². The van der Waals surface area contributed by atoms with E-state index >= 15 is 0 Å². The maximum absolute atomic E-state index is 13.2. The van der Waals surface area contributed by atoms with E-state index in [-0.39, 0.29) is 30.7 Å². The van der Waals surface area contributed by atoms with Crippen molar-refractivity contribution in [2.75, 3.05) is 19.8 Å². The quantitative estimate of drug-likeness (QED) is 0.845. The third-order valence-electron chi connectivity index (χ3n) is 4.53. The second kappa shape index (κ2) is 8.06. The van der Waals surface area contributed by atoms with Gasteiger partial charge in [-0.15, -0.1) is 0 Å². The van der Waals surface area contributed by atoms with Gasteiger partial charge in [-0.25, -0.2) is 8.42 Å². The van der Waals surface area contributed by atoms with E-state index in [1.807, 2.05) is 19.1 Å². The van der Waals surface area contributed by atoms with Gasteiger partial charge in [0.15, 0.2) is 0 Å². The van der Waals surface area contributed by atoms with Crippen molar-refractivity contribution in [1.82, 2.24) is 4.31 Å². The second-order valence-corrected chi connectivity index (χ2v) is 8.84. The SMILES string of the molecule is Cc1ccc(S(=O)(=O)N2C[C@@H](CO)OC[C@@H]2Cc2ccc(Cl)cc2)cc1. The summed E-state index contributed by atoms with van der Waals surface area (Å²) in [6.07, 6.45) is -0.00266. The lowest BCUT2D eigenvalue weighted by Crippen LogP contribution is -2.53. The van der Waals surface area contributed by atoms with Gasteiger partial charge in [0.25, 0.3) is 0 Å². The van der Waals surface area contributed by atoms with E-state index in [1.54, 1.807) is 36.4 Å². The molecule has 1 aliphatic heterocycles. The van der Waals surface area contributed by atoms with Crippen molar-refractivity contribution in [1.29, 1.82) is 0 Å². The van der Waals surface area contributed by atoms with Gasteiger partial charge in [-0.3, -0.25) is 0 Å². The molecule has 0 unspecified atom stereocenters. The lowest BCUT2D eigenvalue weighted by atomic mass is 10.1. The van der Waals surface area contributed by atoms with Gasteiger partial charge >= 0.3 is 0 Å². The highest BCUT2D eigenvalue weighted by Gasteiger charge is 2.37. The number of morpholine rings is 1. The molecule has 2 aromatic rings. The van der Waals surface area contributed by atoms with Crippen molar-refractivity contribution >= 4 is 21.6 Å². The maximum atomic E-state index is 13.2. The lowest BCUT2D eigenvalue weighted by Gasteiger charge is -2.38. The number of aryl methyl sites for hydroxylation is 1. The molecule has 1 saturated heterocycles. The van der Waals surface area contributed by atoms with Crippen LogP contribution in [0.4, 0.5) is 0 Å². The molecule has 0 aliphatic carbocycles. The minimum absolute atomic E-state index is 0.130. The summed E-state index contributed by atoms with van der Waals surface area (Å²) in [5.74, 6) is 0. The highest BCUT2D eigenvalue weighted by atomic mass is 35.5. The third kappa shape index (κ3) is 4.27. The number of hydrogen-bond acceptors (Lipinski definition) is 4. The molecular formula is C19H22ClNO4S. The molecule has 5 nitrogen and oxygen atoms in total. The largest absolute Gasteiger partial charge is 0.394 e. The number of nitrogens with zero attached hydrogens (tertiary/aromatic N) is 1. The summed E-state index contributed by atoms with van der Waals surface area (Å²) in [6.45, 7) is 2.06. The monoisotopic (exact) mass is 395 g/mol. The molecule has 2 aromatic carbocycles. The molecule has 1 fully saturated rings. The van der Waals surface area contributed by atoms with Crippen molar-refractivity contribution < 1.29 is 18.3 Å². The van der Waals surface area contributed by atoms with Crippen LogP contribution >= 0.6 is 11.6 Å². The highest BCUT2D eigenvalue weighted by Crippen LogP contribution is 2.25. The van der Waals surface area contributed by atoms with E-state index in [9.17, 15) is 13.5 Å². The molecule has 140 valence electrons. The van der Waals surface area contributed by atoms with Gasteiger partial charge in [-0.1, -0.05) is 41.4 Å². The van der Waals surface area contributed by atoms with Gasteiger partial charge in [0.1, 0.15) is 0 Å². The van der Waals surface area contributed by atoms with Gasteiger partial charge in [0.2, 0.25) is 10.0 Å². The molecule has 0 amide bonds. The molecule has 3 rings (SSSR count). The summed E-state index contributed by atoms with van der Waals surface area (Å²) in [6, 6.07) is 13.8. The van der Waals surface area contributed by atoms with Crippen molar-refractivity contribution in [2.45, 2.75) is 30.4 Å². The van der Waals surface area contributed by atoms with Gasteiger partial charge in [-0.05, 0) is 43.2 Å². The summed E-state index contributed by atoms with van der Waals surface area (Å²) >= 11 is 5.93. The Bertz CT molecular complexity index is 837. The average Bonchev–Trinajstić information content (AvgIpc) is 2.64. The van der Waals surface area contributed by atoms with Gasteiger partial charge in [0.05, 0.1) is 30.3 Å². The minimum atomic E-state index is -3.68. The van der Waals surface area contributed by atoms with Crippen molar-refractivity contribution in [3.8, 4) is 0 Å². The molecule has 0 aromatic heterocycles. The predicted molar refractivity (Wildman–Crippen MR) is 101 cm³/mol. The summed E-state index contributed by atoms with van der Waals surface area (Å²) in [4.78, 5) is 0.253. The van der Waals surface area contributed by atoms with E-state index in [1.165, 1.54) is 4.31 Å². The smallest absolute Gasteiger partial charge is 0.243 e. The molecule has 1 N–H and O–H groups in total. The standard InChI is InChI=1S/C19H22ClNO4S/c1-14-2-8-19(9-3-14)26(23,24)21-11-18(12-22)25-13-17(21)10-15-4-6-16(20)7-5-15/h2-9,17-18,22H,10-13H2,1H3/t17-,18-/m0/s1. The number of benzene rings is 2. The van der Waals surface area contributed by atoms with Crippen LogP contribution in [0.15, 0.2) is 53.4 Å². The number of aliphatic hydroxyl groups is 1. The molecule has 0 radical (unpaired) electrons. The zero-order valence-electron chi connectivity index (χ0n) is 14.5. The first-order valence-electron chi connectivity index (χ1n) is 8.45. The van der Waals surface area contributed by atoms with Crippen LogP contribution < -0.4 is 0 Å². The van der Waals surface area contributed by atoms with Crippen LogP contribution in [0, 0.1) is 6.92 Å². The zero-order valence-corrected chi connectivity index (χ0v) is 16.1. The van der Waals surface area contributed by atoms with E-state index < -0.39 is 16.1 Å². The van der Waals surface area contributed by atoms with E-state index in [0.717, 1.165) is 11.1 Å². The summed E-state index contributed by atoms with van der Waals surface area (Å²) < 4.78 is 33.5. The summed E-state index contributed by atoms with van der Waals surface area (Å²) in [5, 5.41) is 10.1.